The minimum Gasteiger partial charge on any atom is -0.480 e. The summed E-state index contributed by atoms with van der Waals surface area (Å²) in [4.78, 5) is 59.8. The summed E-state index contributed by atoms with van der Waals surface area (Å²) in [5.74, 6) is -1.54. The van der Waals surface area contributed by atoms with Gasteiger partial charge in [-0.15, -0.1) is 5.06 Å². The van der Waals surface area contributed by atoms with Crippen LogP contribution >= 0.6 is 0 Å². The summed E-state index contributed by atoms with van der Waals surface area (Å²) in [6.07, 6.45) is 1.99. The maximum absolute atomic E-state index is 13.0. The fourth-order valence-corrected chi connectivity index (χ4v) is 5.28. The average Bonchev–Trinajstić information content (AvgIpc) is 3.81. The number of carbonyl (C=O) groups excluding carboxylic acids is 3. The molecule has 46 heavy (non-hydrogen) atoms. The van der Waals surface area contributed by atoms with E-state index in [1.807, 2.05) is 72.8 Å². The smallest absolute Gasteiger partial charge is 0.480 e. The van der Waals surface area contributed by atoms with Gasteiger partial charge in [0.05, 0.1) is 24.1 Å². The number of carboxylic acids is 1. The Hall–Kier alpha value is -5.01. The van der Waals surface area contributed by atoms with Crippen molar-refractivity contribution in [2.75, 3.05) is 31.6 Å². The Morgan fingerprint density at radius 1 is 0.978 bits per heavy atom. The Morgan fingerprint density at radius 3 is 2.37 bits per heavy atom. The van der Waals surface area contributed by atoms with Crippen molar-refractivity contribution in [2.45, 2.75) is 49.5 Å². The van der Waals surface area contributed by atoms with Crippen molar-refractivity contribution in [1.82, 2.24) is 20.7 Å². The van der Waals surface area contributed by atoms with Crippen molar-refractivity contribution < 1.29 is 38.6 Å². The predicted molar refractivity (Wildman–Crippen MR) is 165 cm³/mol. The molecule has 1 aliphatic carbocycles. The van der Waals surface area contributed by atoms with E-state index < -0.39 is 35.6 Å². The monoisotopic (exact) mass is 631 g/mol. The minimum atomic E-state index is -1.31. The van der Waals surface area contributed by atoms with E-state index in [0.717, 1.165) is 11.1 Å². The SMILES string of the molecule is O=C(COC1CC(CNc2ccccn2)N(OC(=O)OCc2ccccc2)C1)NCC(NC(=O)C1(c2ccccc2)CC1)C(=O)O. The zero-order chi connectivity index (χ0) is 32.4. The van der Waals surface area contributed by atoms with Crippen LogP contribution in [0.5, 0.6) is 0 Å². The summed E-state index contributed by atoms with van der Waals surface area (Å²) in [5.41, 5.74) is 0.908. The first-order valence-electron chi connectivity index (χ1n) is 15.1. The van der Waals surface area contributed by atoms with Crippen molar-refractivity contribution in [1.29, 1.82) is 0 Å². The number of ether oxygens (including phenoxy) is 2. The van der Waals surface area contributed by atoms with Gasteiger partial charge in [0.25, 0.3) is 0 Å². The summed E-state index contributed by atoms with van der Waals surface area (Å²) in [7, 11) is 0. The Bertz CT molecular complexity index is 1470. The van der Waals surface area contributed by atoms with Gasteiger partial charge in [-0.1, -0.05) is 66.7 Å². The minimum absolute atomic E-state index is 0.0511. The number of amides is 2. The van der Waals surface area contributed by atoms with E-state index in [1.54, 1.807) is 12.3 Å². The standard InChI is InChI=1S/C33H37N5O8/c39-29(36-19-27(30(40)41)37-31(42)33(14-15-33)24-11-5-2-6-12-24)22-44-26-17-25(18-35-28-13-7-8-16-34-28)38(20-26)46-32(43)45-21-23-9-3-1-4-10-23/h1-13,16,25-27H,14-15,17-22H2,(H,34,35)(H,36,39)(H,37,42)(H,40,41). The zero-order valence-electron chi connectivity index (χ0n) is 25.2. The van der Waals surface area contributed by atoms with Gasteiger partial charge in [-0.05, 0) is 42.5 Å². The third-order valence-corrected chi connectivity index (χ3v) is 7.97. The quantitative estimate of drug-likeness (QED) is 0.182. The number of nitrogens with zero attached hydrogens (tertiary/aromatic N) is 2. The normalized spacial score (nSPS) is 19.0. The van der Waals surface area contributed by atoms with Crippen LogP contribution in [0.2, 0.25) is 0 Å². The van der Waals surface area contributed by atoms with E-state index in [9.17, 15) is 24.3 Å². The molecule has 2 fully saturated rings. The van der Waals surface area contributed by atoms with E-state index in [4.69, 9.17) is 14.3 Å². The molecule has 2 aromatic carbocycles. The highest BCUT2D eigenvalue weighted by Crippen LogP contribution is 2.48. The molecule has 5 rings (SSSR count). The van der Waals surface area contributed by atoms with E-state index >= 15 is 0 Å². The van der Waals surface area contributed by atoms with Crippen molar-refractivity contribution in [3.05, 3.63) is 96.2 Å². The lowest BCUT2D eigenvalue weighted by Gasteiger charge is -2.22. The van der Waals surface area contributed by atoms with Gasteiger partial charge >= 0.3 is 12.1 Å². The Labute approximate surface area is 266 Å². The summed E-state index contributed by atoms with van der Waals surface area (Å²) >= 11 is 0. The largest absolute Gasteiger partial charge is 0.528 e. The van der Waals surface area contributed by atoms with Gasteiger partial charge in [0.2, 0.25) is 11.8 Å². The fraction of sp³-hybridized carbons (Fsp3) is 0.364. The highest BCUT2D eigenvalue weighted by molar-refractivity contribution is 5.94. The average molecular weight is 632 g/mol. The van der Waals surface area contributed by atoms with Crippen molar-refractivity contribution in [3.63, 3.8) is 0 Å². The van der Waals surface area contributed by atoms with Gasteiger partial charge in [-0.3, -0.25) is 9.59 Å². The molecule has 2 aliphatic rings. The lowest BCUT2D eigenvalue weighted by atomic mass is 9.94. The maximum atomic E-state index is 13.0. The highest BCUT2D eigenvalue weighted by atomic mass is 16.8. The number of rotatable bonds is 15. The first-order valence-corrected chi connectivity index (χ1v) is 15.1. The second kappa shape index (κ2) is 15.3. The number of nitrogens with one attached hydrogen (secondary N) is 3. The van der Waals surface area contributed by atoms with Crippen LogP contribution in [-0.2, 0) is 40.7 Å². The summed E-state index contributed by atoms with van der Waals surface area (Å²) < 4.78 is 11.1. The molecule has 2 amide bonds. The molecule has 0 bridgehead atoms. The molecule has 13 heteroatoms. The number of hydrogen-bond acceptors (Lipinski definition) is 10. The molecule has 242 valence electrons. The topological polar surface area (TPSA) is 168 Å². The summed E-state index contributed by atoms with van der Waals surface area (Å²) in [6.45, 7) is -0.0594. The van der Waals surface area contributed by atoms with Crippen LogP contribution in [0.3, 0.4) is 0 Å². The zero-order valence-corrected chi connectivity index (χ0v) is 25.2. The van der Waals surface area contributed by atoms with Gasteiger partial charge in [-0.2, -0.15) is 0 Å². The molecule has 1 saturated carbocycles. The van der Waals surface area contributed by atoms with Crippen molar-refractivity contribution in [2.24, 2.45) is 0 Å². The third kappa shape index (κ3) is 8.79. The number of carboxylic acid groups (broad SMARTS) is 1. The number of hydroxylamine groups is 2. The highest BCUT2D eigenvalue weighted by Gasteiger charge is 2.51. The van der Waals surface area contributed by atoms with E-state index in [2.05, 4.69) is 20.9 Å². The molecule has 3 unspecified atom stereocenters. The second-order valence-corrected chi connectivity index (χ2v) is 11.3. The summed E-state index contributed by atoms with van der Waals surface area (Å²) in [5, 5.41) is 19.5. The lowest BCUT2D eigenvalue weighted by Crippen LogP contribution is -2.51. The predicted octanol–water partition coefficient (Wildman–Crippen LogP) is 2.64. The fourth-order valence-electron chi connectivity index (χ4n) is 5.28. The Balaban J connectivity index is 1.10. The number of benzene rings is 2. The molecule has 1 saturated heterocycles. The Kier molecular flexibility index (Phi) is 10.8. The molecular formula is C33H37N5O8. The van der Waals surface area contributed by atoms with Gasteiger partial charge in [-0.25, -0.2) is 14.6 Å². The molecular weight excluding hydrogens is 594 g/mol. The second-order valence-electron chi connectivity index (χ2n) is 11.3. The molecule has 3 aromatic rings. The van der Waals surface area contributed by atoms with Crippen LogP contribution < -0.4 is 16.0 Å². The molecule has 3 atom stereocenters. The molecule has 0 radical (unpaired) electrons. The maximum Gasteiger partial charge on any atom is 0.528 e. The molecule has 13 nitrogen and oxygen atoms in total. The summed E-state index contributed by atoms with van der Waals surface area (Å²) in [6, 6.07) is 22.3. The third-order valence-electron chi connectivity index (χ3n) is 7.97. The van der Waals surface area contributed by atoms with Gasteiger partial charge in [0, 0.05) is 19.3 Å². The first kappa shape index (κ1) is 32.4. The van der Waals surface area contributed by atoms with Crippen LogP contribution in [0.25, 0.3) is 0 Å². The molecule has 1 aromatic heterocycles. The van der Waals surface area contributed by atoms with E-state index in [1.165, 1.54) is 5.06 Å². The number of hydrogen-bond donors (Lipinski definition) is 4. The van der Waals surface area contributed by atoms with Gasteiger partial charge in [0.15, 0.2) is 0 Å². The van der Waals surface area contributed by atoms with Gasteiger partial charge in [0.1, 0.15) is 25.1 Å². The Morgan fingerprint density at radius 2 is 1.70 bits per heavy atom. The number of carbonyl (C=O) groups is 4. The van der Waals surface area contributed by atoms with E-state index in [-0.39, 0.29) is 38.3 Å². The van der Waals surface area contributed by atoms with Crippen LogP contribution in [0, 0.1) is 0 Å². The van der Waals surface area contributed by atoms with Crippen LogP contribution in [0.15, 0.2) is 85.1 Å². The van der Waals surface area contributed by atoms with Crippen molar-refractivity contribution in [3.8, 4) is 0 Å². The van der Waals surface area contributed by atoms with E-state index in [0.29, 0.717) is 31.6 Å². The number of pyridine rings is 1. The lowest BCUT2D eigenvalue weighted by molar-refractivity contribution is -0.144. The van der Waals surface area contributed by atoms with Crippen LogP contribution in [0.4, 0.5) is 10.6 Å². The van der Waals surface area contributed by atoms with Crippen LogP contribution in [0.1, 0.15) is 30.4 Å². The number of anilines is 1. The molecule has 0 spiro atoms. The van der Waals surface area contributed by atoms with Crippen molar-refractivity contribution >= 4 is 29.8 Å². The number of aliphatic carboxylic acids is 1. The van der Waals surface area contributed by atoms with Gasteiger partial charge < -0.3 is 35.4 Å². The van der Waals surface area contributed by atoms with Crippen LogP contribution in [-0.4, -0.2) is 83.5 Å². The first-order chi connectivity index (χ1) is 22.3. The number of aromatic nitrogens is 1. The molecule has 1 aliphatic heterocycles. The molecule has 2 heterocycles. The molecule has 4 N–H and O–H groups in total.